The lowest BCUT2D eigenvalue weighted by Gasteiger charge is -2.23. The number of carbonyl (C=O) groups excluding carboxylic acids is 2. The number of carbonyl (C=O) groups is 2. The number of amides is 1. The molecule has 0 atom stereocenters. The van der Waals surface area contributed by atoms with E-state index in [-0.39, 0.29) is 17.2 Å². The number of halogens is 1. The molecular weight excluding hydrogens is 494 g/mol. The van der Waals surface area contributed by atoms with Crippen molar-refractivity contribution in [2.24, 2.45) is 5.10 Å². The molecule has 9 nitrogen and oxygen atoms in total. The van der Waals surface area contributed by atoms with E-state index in [0.717, 1.165) is 4.31 Å². The van der Waals surface area contributed by atoms with Gasteiger partial charge in [0.1, 0.15) is 12.3 Å². The molecule has 182 valence electrons. The Hall–Kier alpha value is -3.89. The first kappa shape index (κ1) is 25.7. The van der Waals surface area contributed by atoms with E-state index in [2.05, 4.69) is 15.3 Å². The Morgan fingerprint density at radius 2 is 1.74 bits per heavy atom. The van der Waals surface area contributed by atoms with Gasteiger partial charge in [0.05, 0.1) is 23.9 Å². The topological polar surface area (TPSA) is 114 Å². The summed E-state index contributed by atoms with van der Waals surface area (Å²) in [6.45, 7) is -0.761. The molecule has 0 heterocycles. The molecule has 0 unspecified atom stereocenters. The fourth-order valence-corrected chi connectivity index (χ4v) is 4.44. The maximum absolute atomic E-state index is 13.2. The summed E-state index contributed by atoms with van der Waals surface area (Å²) in [6, 6.07) is 20.5. The van der Waals surface area contributed by atoms with E-state index >= 15 is 0 Å². The van der Waals surface area contributed by atoms with Crippen LogP contribution < -0.4 is 14.5 Å². The number of ether oxygens (including phenoxy) is 2. The number of nitrogens with zero attached hydrogens (tertiary/aromatic N) is 2. The minimum atomic E-state index is -4.04. The Morgan fingerprint density at radius 1 is 1.03 bits per heavy atom. The molecule has 0 saturated heterocycles. The first-order chi connectivity index (χ1) is 16.8. The van der Waals surface area contributed by atoms with Crippen molar-refractivity contribution < 1.29 is 27.5 Å². The maximum Gasteiger partial charge on any atom is 0.343 e. The number of rotatable bonds is 10. The smallest absolute Gasteiger partial charge is 0.343 e. The number of hydrogen-bond acceptors (Lipinski definition) is 7. The quantitative estimate of drug-likeness (QED) is 0.252. The number of anilines is 1. The summed E-state index contributed by atoms with van der Waals surface area (Å²) in [4.78, 5) is 23.9. The molecule has 1 amide bonds. The molecule has 3 aromatic carbocycles. The largest absolute Gasteiger partial charge is 0.482 e. The van der Waals surface area contributed by atoms with Crippen molar-refractivity contribution >= 4 is 45.4 Å². The second-order valence-corrected chi connectivity index (χ2v) is 9.33. The van der Waals surface area contributed by atoms with Crippen molar-refractivity contribution in [1.82, 2.24) is 5.43 Å². The molecule has 11 heteroatoms. The summed E-state index contributed by atoms with van der Waals surface area (Å²) < 4.78 is 37.3. The summed E-state index contributed by atoms with van der Waals surface area (Å²) in [5.74, 6) is -0.769. The zero-order chi connectivity index (χ0) is 25.3. The van der Waals surface area contributed by atoms with Crippen LogP contribution in [0.1, 0.15) is 5.56 Å². The van der Waals surface area contributed by atoms with E-state index in [4.69, 9.17) is 16.3 Å². The number of nitrogens with one attached hydrogen (secondary N) is 1. The van der Waals surface area contributed by atoms with Crippen LogP contribution in [-0.2, 0) is 24.3 Å². The molecule has 0 spiro atoms. The summed E-state index contributed by atoms with van der Waals surface area (Å²) in [7, 11) is -2.78. The number of methoxy groups -OCH3 is 1. The average molecular weight is 516 g/mol. The van der Waals surface area contributed by atoms with Gasteiger partial charge in [-0.1, -0.05) is 41.9 Å². The van der Waals surface area contributed by atoms with Gasteiger partial charge in [-0.3, -0.25) is 9.10 Å². The van der Waals surface area contributed by atoms with Gasteiger partial charge in [0, 0.05) is 5.02 Å². The minimum Gasteiger partial charge on any atom is -0.482 e. The number of benzene rings is 3. The highest BCUT2D eigenvalue weighted by Gasteiger charge is 2.27. The van der Waals surface area contributed by atoms with Gasteiger partial charge in [-0.2, -0.15) is 5.10 Å². The van der Waals surface area contributed by atoms with E-state index in [1.54, 1.807) is 42.5 Å². The van der Waals surface area contributed by atoms with Crippen molar-refractivity contribution in [2.75, 3.05) is 24.6 Å². The molecule has 1 N–H and O–H groups in total. The van der Waals surface area contributed by atoms with E-state index in [9.17, 15) is 18.0 Å². The second kappa shape index (κ2) is 12.0. The van der Waals surface area contributed by atoms with Crippen LogP contribution in [-0.4, -0.2) is 46.8 Å². The Kier molecular flexibility index (Phi) is 8.82. The van der Waals surface area contributed by atoms with Crippen molar-refractivity contribution in [3.8, 4) is 5.75 Å². The van der Waals surface area contributed by atoms with E-state index in [1.165, 1.54) is 49.7 Å². The zero-order valence-corrected chi connectivity index (χ0v) is 20.2. The molecule has 0 aliphatic heterocycles. The van der Waals surface area contributed by atoms with Crippen molar-refractivity contribution in [3.63, 3.8) is 0 Å². The predicted octanol–water partition coefficient (Wildman–Crippen LogP) is 3.24. The van der Waals surface area contributed by atoms with Gasteiger partial charge in [0.15, 0.2) is 6.61 Å². The maximum atomic E-state index is 13.2. The van der Waals surface area contributed by atoms with Crippen LogP contribution in [0.5, 0.6) is 5.75 Å². The van der Waals surface area contributed by atoms with E-state index < -0.39 is 28.4 Å². The monoisotopic (exact) mass is 515 g/mol. The number of hydrazone groups is 1. The first-order valence-electron chi connectivity index (χ1n) is 10.2. The molecule has 0 saturated carbocycles. The summed E-state index contributed by atoms with van der Waals surface area (Å²) in [5, 5.41) is 4.32. The van der Waals surface area contributed by atoms with Gasteiger partial charge in [-0.15, -0.1) is 0 Å². The summed E-state index contributed by atoms with van der Waals surface area (Å²) in [5.41, 5.74) is 3.18. The lowest BCUT2D eigenvalue weighted by Crippen LogP contribution is -2.39. The third-order valence-electron chi connectivity index (χ3n) is 4.58. The minimum absolute atomic E-state index is 0.0371. The van der Waals surface area contributed by atoms with Crippen LogP contribution in [0.15, 0.2) is 88.9 Å². The molecule has 0 aliphatic rings. The number of esters is 1. The SMILES string of the molecule is COC(=O)COc1cccc(/C=N\NC(=O)CN(c2ccc(Cl)cc2)S(=O)(=O)c2ccccc2)c1. The lowest BCUT2D eigenvalue weighted by atomic mass is 10.2. The van der Waals surface area contributed by atoms with Crippen LogP contribution in [0.25, 0.3) is 0 Å². The third kappa shape index (κ3) is 7.29. The van der Waals surface area contributed by atoms with Crippen molar-refractivity contribution in [1.29, 1.82) is 0 Å². The molecule has 0 aliphatic carbocycles. The molecule has 0 radical (unpaired) electrons. The Balaban J connectivity index is 1.72. The molecule has 0 fully saturated rings. The molecule has 0 aromatic heterocycles. The molecule has 35 heavy (non-hydrogen) atoms. The van der Waals surface area contributed by atoms with Gasteiger partial charge in [0.25, 0.3) is 15.9 Å². The van der Waals surface area contributed by atoms with Gasteiger partial charge in [-0.25, -0.2) is 18.6 Å². The fourth-order valence-electron chi connectivity index (χ4n) is 2.87. The first-order valence-corrected chi connectivity index (χ1v) is 12.1. The number of hydrogen-bond donors (Lipinski definition) is 1. The highest BCUT2D eigenvalue weighted by Crippen LogP contribution is 2.25. The Morgan fingerprint density at radius 3 is 2.43 bits per heavy atom. The average Bonchev–Trinajstić information content (AvgIpc) is 2.87. The zero-order valence-electron chi connectivity index (χ0n) is 18.6. The van der Waals surface area contributed by atoms with Crippen LogP contribution in [0.3, 0.4) is 0 Å². The van der Waals surface area contributed by atoms with Crippen molar-refractivity contribution in [2.45, 2.75) is 4.90 Å². The van der Waals surface area contributed by atoms with Crippen molar-refractivity contribution in [3.05, 3.63) is 89.4 Å². The fraction of sp³-hybridized carbons (Fsp3) is 0.125. The molecule has 3 aromatic rings. The van der Waals surface area contributed by atoms with E-state index in [1.807, 2.05) is 0 Å². The predicted molar refractivity (Wildman–Crippen MR) is 132 cm³/mol. The number of sulfonamides is 1. The van der Waals surface area contributed by atoms with Crippen LogP contribution in [0.4, 0.5) is 5.69 Å². The van der Waals surface area contributed by atoms with Gasteiger partial charge < -0.3 is 9.47 Å². The summed E-state index contributed by atoms with van der Waals surface area (Å²) >= 11 is 5.94. The van der Waals surface area contributed by atoms with Gasteiger partial charge >= 0.3 is 5.97 Å². The highest BCUT2D eigenvalue weighted by molar-refractivity contribution is 7.92. The molecule has 3 rings (SSSR count). The molecule has 0 bridgehead atoms. The van der Waals surface area contributed by atoms with Crippen LogP contribution in [0, 0.1) is 0 Å². The van der Waals surface area contributed by atoms with E-state index in [0.29, 0.717) is 16.3 Å². The van der Waals surface area contributed by atoms with Crippen LogP contribution in [0.2, 0.25) is 5.02 Å². The normalized spacial score (nSPS) is 11.1. The lowest BCUT2D eigenvalue weighted by molar-refractivity contribution is -0.142. The van der Waals surface area contributed by atoms with Gasteiger partial charge in [-0.05, 0) is 54.1 Å². The molecular formula is C24H22ClN3O6S. The Bertz CT molecular complexity index is 1300. The van der Waals surface area contributed by atoms with Gasteiger partial charge in [0.2, 0.25) is 0 Å². The standard InChI is InChI=1S/C24H22ClN3O6S/c1-33-24(30)17-34-21-7-5-6-18(14-21)15-26-27-23(29)16-28(20-12-10-19(25)11-13-20)35(31,32)22-8-3-2-4-9-22/h2-15H,16-17H2,1H3,(H,27,29)/b26-15-. The Labute approximate surface area is 208 Å². The highest BCUT2D eigenvalue weighted by atomic mass is 35.5. The summed E-state index contributed by atoms with van der Waals surface area (Å²) in [6.07, 6.45) is 1.36. The third-order valence-corrected chi connectivity index (χ3v) is 6.62. The second-order valence-electron chi connectivity index (χ2n) is 7.03. The van der Waals surface area contributed by atoms with Crippen LogP contribution >= 0.6 is 11.6 Å².